The van der Waals surface area contributed by atoms with Gasteiger partial charge in [0.2, 0.25) is 0 Å². The monoisotopic (exact) mass is 343 g/mol. The van der Waals surface area contributed by atoms with E-state index >= 15 is 0 Å². The van der Waals surface area contributed by atoms with E-state index in [1.165, 1.54) is 12.5 Å². The molecule has 8 heteroatoms. The predicted molar refractivity (Wildman–Crippen MR) is 81.0 cm³/mol. The summed E-state index contributed by atoms with van der Waals surface area (Å²) < 4.78 is 38.9. The number of carbonyl (C=O) groups is 1. The Morgan fingerprint density at radius 1 is 1.39 bits per heavy atom. The minimum atomic E-state index is -1.25. The van der Waals surface area contributed by atoms with E-state index in [9.17, 15) is 13.6 Å². The van der Waals surface area contributed by atoms with Crippen LogP contribution >= 0.6 is 11.3 Å². The van der Waals surface area contributed by atoms with E-state index in [4.69, 9.17) is 14.6 Å². The lowest BCUT2D eigenvalue weighted by atomic mass is 10.2. The average Bonchev–Trinajstić information content (AvgIpc) is 2.95. The van der Waals surface area contributed by atoms with E-state index in [0.717, 1.165) is 23.5 Å². The number of ether oxygens (including phenoxy) is 2. The lowest BCUT2D eigenvalue weighted by Crippen LogP contribution is -2.21. The summed E-state index contributed by atoms with van der Waals surface area (Å²) in [6.45, 7) is 2.17. The molecule has 2 aromatic rings. The molecule has 0 radical (unpaired) electrons. The molecule has 1 atom stereocenters. The van der Waals surface area contributed by atoms with Crippen LogP contribution in [-0.2, 0) is 4.74 Å². The maximum atomic E-state index is 14.2. The lowest BCUT2D eigenvalue weighted by molar-refractivity contribution is 0.0691. The number of rotatable bonds is 7. The molecule has 1 aromatic heterocycles. The van der Waals surface area contributed by atoms with Crippen LogP contribution in [0.2, 0.25) is 0 Å². The van der Waals surface area contributed by atoms with Gasteiger partial charge in [0.25, 0.3) is 0 Å². The number of methoxy groups -OCH3 is 1. The van der Waals surface area contributed by atoms with Gasteiger partial charge in [-0.05, 0) is 6.42 Å². The van der Waals surface area contributed by atoms with Crippen molar-refractivity contribution in [3.63, 3.8) is 0 Å². The smallest absolute Gasteiger partial charge is 0.355 e. The highest BCUT2D eigenvalue weighted by molar-refractivity contribution is 7.13. The van der Waals surface area contributed by atoms with Crippen LogP contribution in [-0.4, -0.2) is 35.9 Å². The van der Waals surface area contributed by atoms with E-state index in [1.54, 1.807) is 0 Å². The fraction of sp³-hybridized carbons (Fsp3) is 0.333. The first-order valence-corrected chi connectivity index (χ1v) is 7.68. The van der Waals surface area contributed by atoms with Crippen LogP contribution in [0.15, 0.2) is 17.5 Å². The average molecular weight is 343 g/mol. The second-order valence-electron chi connectivity index (χ2n) is 4.71. The molecule has 0 saturated carbocycles. The van der Waals surface area contributed by atoms with Gasteiger partial charge in [-0.3, -0.25) is 0 Å². The molecule has 0 aliphatic rings. The second-order valence-corrected chi connectivity index (χ2v) is 5.57. The van der Waals surface area contributed by atoms with Gasteiger partial charge in [-0.15, -0.1) is 11.3 Å². The Hall–Kier alpha value is -2.06. The molecule has 0 saturated heterocycles. The van der Waals surface area contributed by atoms with Gasteiger partial charge in [-0.2, -0.15) is 0 Å². The Kier molecular flexibility index (Phi) is 5.62. The molecule has 23 heavy (non-hydrogen) atoms. The molecule has 0 aliphatic heterocycles. The standard InChI is InChI=1S/C15H15F2NO4S/c1-3-8(6-21-2)22-9-4-10(16)13(11(17)5-9)14-18-12(7-23-14)15(19)20/h4-5,7-8H,3,6H2,1-2H3,(H,19,20). The number of hydrogen-bond acceptors (Lipinski definition) is 5. The maximum absolute atomic E-state index is 14.2. The molecule has 1 unspecified atom stereocenters. The number of hydrogen-bond donors (Lipinski definition) is 1. The van der Waals surface area contributed by atoms with E-state index in [0.29, 0.717) is 13.0 Å². The fourth-order valence-electron chi connectivity index (χ4n) is 1.92. The third-order valence-corrected chi connectivity index (χ3v) is 3.92. The Labute approximate surface area is 135 Å². The van der Waals surface area contributed by atoms with Crippen molar-refractivity contribution in [2.75, 3.05) is 13.7 Å². The Morgan fingerprint density at radius 3 is 2.52 bits per heavy atom. The number of aromatic carboxylic acids is 1. The highest BCUT2D eigenvalue weighted by atomic mass is 32.1. The first-order chi connectivity index (χ1) is 11.0. The molecular formula is C15H15F2NO4S. The molecular weight excluding hydrogens is 328 g/mol. The van der Waals surface area contributed by atoms with Crippen LogP contribution in [0.4, 0.5) is 8.78 Å². The highest BCUT2D eigenvalue weighted by Crippen LogP contribution is 2.32. The predicted octanol–water partition coefficient (Wildman–Crippen LogP) is 3.59. The van der Waals surface area contributed by atoms with E-state index in [-0.39, 0.29) is 28.1 Å². The van der Waals surface area contributed by atoms with Crippen LogP contribution in [0.3, 0.4) is 0 Å². The molecule has 1 N–H and O–H groups in total. The van der Waals surface area contributed by atoms with Crippen molar-refractivity contribution < 1.29 is 28.2 Å². The van der Waals surface area contributed by atoms with Gasteiger partial charge in [0.1, 0.15) is 28.5 Å². The van der Waals surface area contributed by atoms with Gasteiger partial charge in [-0.1, -0.05) is 6.92 Å². The van der Waals surface area contributed by atoms with Crippen molar-refractivity contribution in [2.24, 2.45) is 0 Å². The van der Waals surface area contributed by atoms with Crippen molar-refractivity contribution in [3.8, 4) is 16.3 Å². The van der Waals surface area contributed by atoms with Gasteiger partial charge in [0.05, 0.1) is 12.2 Å². The lowest BCUT2D eigenvalue weighted by Gasteiger charge is -2.17. The zero-order chi connectivity index (χ0) is 17.0. The summed E-state index contributed by atoms with van der Waals surface area (Å²) in [7, 11) is 1.51. The van der Waals surface area contributed by atoms with Crippen LogP contribution in [0.25, 0.3) is 10.6 Å². The SMILES string of the molecule is CCC(COC)Oc1cc(F)c(-c2nc(C(=O)O)cs2)c(F)c1. The van der Waals surface area contributed by atoms with Crippen molar-refractivity contribution in [2.45, 2.75) is 19.4 Å². The Bertz CT molecular complexity index is 682. The molecule has 1 heterocycles. The molecule has 0 bridgehead atoms. The minimum absolute atomic E-state index is 0.0344. The van der Waals surface area contributed by atoms with Gasteiger partial charge in [0, 0.05) is 24.6 Å². The second kappa shape index (κ2) is 7.47. The van der Waals surface area contributed by atoms with E-state index in [2.05, 4.69) is 4.98 Å². The van der Waals surface area contributed by atoms with Crippen molar-refractivity contribution >= 4 is 17.3 Å². The molecule has 5 nitrogen and oxygen atoms in total. The summed E-state index contributed by atoms with van der Waals surface area (Å²) in [5.74, 6) is -2.93. The minimum Gasteiger partial charge on any atom is -0.488 e. The number of thiazole rings is 1. The molecule has 0 amide bonds. The summed E-state index contributed by atoms with van der Waals surface area (Å²) in [5.41, 5.74) is -0.620. The first-order valence-electron chi connectivity index (χ1n) is 6.80. The summed E-state index contributed by atoms with van der Waals surface area (Å²) in [5, 5.41) is 10.0. The Balaban J connectivity index is 2.31. The van der Waals surface area contributed by atoms with Gasteiger partial charge >= 0.3 is 5.97 Å². The van der Waals surface area contributed by atoms with E-state index < -0.39 is 17.6 Å². The summed E-state index contributed by atoms with van der Waals surface area (Å²) in [4.78, 5) is 14.5. The van der Waals surface area contributed by atoms with Crippen LogP contribution in [0.1, 0.15) is 23.8 Å². The number of carboxylic acid groups (broad SMARTS) is 1. The number of carboxylic acids is 1. The van der Waals surface area contributed by atoms with Crippen molar-refractivity contribution in [3.05, 3.63) is 34.8 Å². The highest BCUT2D eigenvalue weighted by Gasteiger charge is 2.20. The number of aromatic nitrogens is 1. The zero-order valence-electron chi connectivity index (χ0n) is 12.5. The summed E-state index contributed by atoms with van der Waals surface area (Å²) in [6.07, 6.45) is 0.302. The fourth-order valence-corrected chi connectivity index (χ4v) is 2.76. The quantitative estimate of drug-likeness (QED) is 0.832. The van der Waals surface area contributed by atoms with E-state index in [1.807, 2.05) is 6.92 Å². The van der Waals surface area contributed by atoms with Crippen LogP contribution < -0.4 is 4.74 Å². The first kappa shape index (κ1) is 17.3. The molecule has 0 fully saturated rings. The van der Waals surface area contributed by atoms with Gasteiger partial charge in [-0.25, -0.2) is 18.6 Å². The van der Waals surface area contributed by atoms with Crippen LogP contribution in [0, 0.1) is 11.6 Å². The zero-order valence-corrected chi connectivity index (χ0v) is 13.3. The molecule has 0 aliphatic carbocycles. The summed E-state index contributed by atoms with van der Waals surface area (Å²) in [6, 6.07) is 2.11. The maximum Gasteiger partial charge on any atom is 0.355 e. The largest absolute Gasteiger partial charge is 0.488 e. The molecule has 0 spiro atoms. The topological polar surface area (TPSA) is 68.7 Å². The summed E-state index contributed by atoms with van der Waals surface area (Å²) >= 11 is 0.859. The van der Waals surface area contributed by atoms with Crippen molar-refractivity contribution in [1.29, 1.82) is 0 Å². The van der Waals surface area contributed by atoms with Crippen molar-refractivity contribution in [1.82, 2.24) is 4.98 Å². The number of halogens is 2. The number of nitrogens with zero attached hydrogens (tertiary/aromatic N) is 1. The van der Waals surface area contributed by atoms with Crippen LogP contribution in [0.5, 0.6) is 5.75 Å². The number of benzene rings is 1. The Morgan fingerprint density at radius 2 is 2.04 bits per heavy atom. The molecule has 2 rings (SSSR count). The molecule has 1 aromatic carbocycles. The third-order valence-electron chi connectivity index (χ3n) is 3.06. The third kappa shape index (κ3) is 4.02. The normalized spacial score (nSPS) is 12.2. The van der Waals surface area contributed by atoms with Gasteiger partial charge in [0.15, 0.2) is 5.69 Å². The van der Waals surface area contributed by atoms with Gasteiger partial charge < -0.3 is 14.6 Å². The molecule has 124 valence electrons.